The van der Waals surface area contributed by atoms with Gasteiger partial charge >= 0.3 is 0 Å². The molecule has 112 valence electrons. The number of aromatic nitrogens is 2. The molecule has 3 nitrogen and oxygen atoms in total. The van der Waals surface area contributed by atoms with Crippen molar-refractivity contribution < 1.29 is 0 Å². The van der Waals surface area contributed by atoms with Crippen molar-refractivity contribution in [3.8, 4) is 0 Å². The molecule has 20 heavy (non-hydrogen) atoms. The second-order valence-corrected chi connectivity index (χ2v) is 7.19. The first-order chi connectivity index (χ1) is 9.59. The highest BCUT2D eigenvalue weighted by Crippen LogP contribution is 2.57. The minimum Gasteiger partial charge on any atom is -0.319 e. The SMILES string of the molecule is CCn1nc(C)c(Cl)c1CC1(CNC)CC2CCC1C2. The lowest BCUT2D eigenvalue weighted by atomic mass is 9.70. The molecular weight excluding hydrogens is 270 g/mol. The summed E-state index contributed by atoms with van der Waals surface area (Å²) >= 11 is 6.53. The molecule has 2 fully saturated rings. The topological polar surface area (TPSA) is 29.9 Å². The third kappa shape index (κ3) is 2.19. The molecular formula is C16H26ClN3. The molecule has 2 aliphatic carbocycles. The number of hydrogen-bond donors (Lipinski definition) is 1. The van der Waals surface area contributed by atoms with Crippen molar-refractivity contribution in [2.45, 2.75) is 52.5 Å². The van der Waals surface area contributed by atoms with E-state index in [1.54, 1.807) is 0 Å². The zero-order chi connectivity index (χ0) is 14.3. The fourth-order valence-electron chi connectivity index (χ4n) is 4.78. The summed E-state index contributed by atoms with van der Waals surface area (Å²) in [6, 6.07) is 0. The highest BCUT2D eigenvalue weighted by atomic mass is 35.5. The van der Waals surface area contributed by atoms with E-state index in [1.807, 2.05) is 6.92 Å². The summed E-state index contributed by atoms with van der Waals surface area (Å²) < 4.78 is 2.11. The third-order valence-electron chi connectivity index (χ3n) is 5.60. The maximum Gasteiger partial charge on any atom is 0.0847 e. The molecule has 2 saturated carbocycles. The number of nitrogens with one attached hydrogen (secondary N) is 1. The van der Waals surface area contributed by atoms with Gasteiger partial charge < -0.3 is 5.32 Å². The first-order valence-corrected chi connectivity index (χ1v) is 8.34. The van der Waals surface area contributed by atoms with Crippen molar-refractivity contribution in [3.63, 3.8) is 0 Å². The predicted molar refractivity (Wildman–Crippen MR) is 83.2 cm³/mol. The van der Waals surface area contributed by atoms with Crippen molar-refractivity contribution in [1.82, 2.24) is 15.1 Å². The molecule has 2 bridgehead atoms. The summed E-state index contributed by atoms with van der Waals surface area (Å²) in [7, 11) is 2.08. The molecule has 3 rings (SSSR count). The van der Waals surface area contributed by atoms with Gasteiger partial charge in [-0.05, 0) is 63.8 Å². The standard InChI is InChI=1S/C16H26ClN3/c1-4-20-14(15(17)11(2)19-20)9-16(10-18-3)8-12-5-6-13(16)7-12/h12-13,18H,4-10H2,1-3H3. The zero-order valence-corrected chi connectivity index (χ0v) is 13.6. The van der Waals surface area contributed by atoms with Crippen LogP contribution < -0.4 is 5.32 Å². The quantitative estimate of drug-likeness (QED) is 0.902. The van der Waals surface area contributed by atoms with Gasteiger partial charge in [-0.25, -0.2) is 0 Å². The summed E-state index contributed by atoms with van der Waals surface area (Å²) in [4.78, 5) is 0. The van der Waals surface area contributed by atoms with E-state index in [4.69, 9.17) is 11.6 Å². The van der Waals surface area contributed by atoms with Gasteiger partial charge in [0.25, 0.3) is 0 Å². The first-order valence-electron chi connectivity index (χ1n) is 7.96. The largest absolute Gasteiger partial charge is 0.319 e. The Morgan fingerprint density at radius 1 is 1.45 bits per heavy atom. The lowest BCUT2D eigenvalue weighted by molar-refractivity contribution is 0.156. The van der Waals surface area contributed by atoms with Gasteiger partial charge in [-0.2, -0.15) is 5.10 Å². The molecule has 0 spiro atoms. The Morgan fingerprint density at radius 3 is 2.80 bits per heavy atom. The Labute approximate surface area is 127 Å². The van der Waals surface area contributed by atoms with Crippen LogP contribution in [0.3, 0.4) is 0 Å². The van der Waals surface area contributed by atoms with Gasteiger partial charge in [0.1, 0.15) is 0 Å². The molecule has 3 atom stereocenters. The molecule has 4 heteroatoms. The van der Waals surface area contributed by atoms with Crippen LogP contribution in [0, 0.1) is 24.2 Å². The van der Waals surface area contributed by atoms with Gasteiger partial charge in [0.15, 0.2) is 0 Å². The maximum absolute atomic E-state index is 6.53. The summed E-state index contributed by atoms with van der Waals surface area (Å²) in [5.74, 6) is 1.82. The van der Waals surface area contributed by atoms with Gasteiger partial charge in [0.2, 0.25) is 0 Å². The van der Waals surface area contributed by atoms with E-state index in [0.29, 0.717) is 5.41 Å². The van der Waals surface area contributed by atoms with Crippen molar-refractivity contribution in [1.29, 1.82) is 0 Å². The van der Waals surface area contributed by atoms with E-state index >= 15 is 0 Å². The minimum absolute atomic E-state index is 0.403. The second kappa shape index (κ2) is 5.34. The predicted octanol–water partition coefficient (Wildman–Crippen LogP) is 3.43. The van der Waals surface area contributed by atoms with Gasteiger partial charge in [-0.1, -0.05) is 18.0 Å². The normalized spacial score (nSPS) is 32.2. The van der Waals surface area contributed by atoms with Crippen LogP contribution in [0.5, 0.6) is 0 Å². The number of halogens is 1. The van der Waals surface area contributed by atoms with E-state index in [-0.39, 0.29) is 0 Å². The average Bonchev–Trinajstić information content (AvgIpc) is 3.08. The van der Waals surface area contributed by atoms with Crippen LogP contribution in [-0.4, -0.2) is 23.4 Å². The number of hydrogen-bond acceptors (Lipinski definition) is 2. The summed E-state index contributed by atoms with van der Waals surface area (Å²) in [6.07, 6.45) is 6.73. The maximum atomic E-state index is 6.53. The molecule has 0 saturated heterocycles. The lowest BCUT2D eigenvalue weighted by Crippen LogP contribution is -2.40. The van der Waals surface area contributed by atoms with Crippen LogP contribution in [0.1, 0.15) is 44.0 Å². The summed E-state index contributed by atoms with van der Waals surface area (Å²) in [5.41, 5.74) is 2.64. The van der Waals surface area contributed by atoms with Crippen LogP contribution in [0.15, 0.2) is 0 Å². The highest BCUT2D eigenvalue weighted by Gasteiger charge is 2.50. The number of aryl methyl sites for hydroxylation is 2. The average molecular weight is 296 g/mol. The van der Waals surface area contributed by atoms with Crippen molar-refractivity contribution in [3.05, 3.63) is 16.4 Å². The molecule has 1 aromatic rings. The Bertz CT molecular complexity index is 496. The van der Waals surface area contributed by atoms with Crippen molar-refractivity contribution in [2.75, 3.05) is 13.6 Å². The van der Waals surface area contributed by atoms with E-state index in [0.717, 1.165) is 42.1 Å². The molecule has 3 unspecified atom stereocenters. The molecule has 0 radical (unpaired) electrons. The molecule has 2 aliphatic rings. The Kier molecular flexibility index (Phi) is 3.85. The van der Waals surface area contributed by atoms with Gasteiger partial charge in [-0.15, -0.1) is 0 Å². The van der Waals surface area contributed by atoms with Crippen molar-refractivity contribution >= 4 is 11.6 Å². The van der Waals surface area contributed by atoms with Crippen LogP contribution in [0.2, 0.25) is 5.02 Å². The fraction of sp³-hybridized carbons (Fsp3) is 0.812. The molecule has 0 aromatic carbocycles. The number of nitrogens with zero attached hydrogens (tertiary/aromatic N) is 2. The summed E-state index contributed by atoms with van der Waals surface area (Å²) in [5, 5.41) is 8.93. The first kappa shape index (κ1) is 14.4. The minimum atomic E-state index is 0.403. The van der Waals surface area contributed by atoms with Gasteiger partial charge in [-0.3, -0.25) is 4.68 Å². The van der Waals surface area contributed by atoms with Crippen molar-refractivity contribution in [2.24, 2.45) is 17.3 Å². The van der Waals surface area contributed by atoms with E-state index < -0.39 is 0 Å². The zero-order valence-electron chi connectivity index (χ0n) is 12.9. The second-order valence-electron chi connectivity index (χ2n) is 6.81. The molecule has 0 amide bonds. The van der Waals surface area contributed by atoms with Crippen LogP contribution >= 0.6 is 11.6 Å². The molecule has 1 aromatic heterocycles. The highest BCUT2D eigenvalue weighted by molar-refractivity contribution is 6.31. The number of fused-ring (bicyclic) bond motifs is 2. The molecule has 1 N–H and O–H groups in total. The van der Waals surface area contributed by atoms with E-state index in [1.165, 1.54) is 31.4 Å². The summed E-state index contributed by atoms with van der Waals surface area (Å²) in [6.45, 7) is 6.19. The Morgan fingerprint density at radius 2 is 2.25 bits per heavy atom. The molecule has 0 aliphatic heterocycles. The fourth-order valence-corrected chi connectivity index (χ4v) is 4.98. The van der Waals surface area contributed by atoms with Crippen LogP contribution in [-0.2, 0) is 13.0 Å². The molecule has 1 heterocycles. The monoisotopic (exact) mass is 295 g/mol. The lowest BCUT2D eigenvalue weighted by Gasteiger charge is -2.38. The Balaban J connectivity index is 1.91. The number of rotatable bonds is 5. The Hall–Kier alpha value is -0.540. The third-order valence-corrected chi connectivity index (χ3v) is 6.10. The van der Waals surface area contributed by atoms with Gasteiger partial charge in [0.05, 0.1) is 16.4 Å². The van der Waals surface area contributed by atoms with Gasteiger partial charge in [0, 0.05) is 13.1 Å². The van der Waals surface area contributed by atoms with Crippen LogP contribution in [0.4, 0.5) is 0 Å². The van der Waals surface area contributed by atoms with E-state index in [2.05, 4.69) is 29.1 Å². The van der Waals surface area contributed by atoms with E-state index in [9.17, 15) is 0 Å². The van der Waals surface area contributed by atoms with Crippen LogP contribution in [0.25, 0.3) is 0 Å². The smallest absolute Gasteiger partial charge is 0.0847 e.